The van der Waals surface area contributed by atoms with Crippen LogP contribution in [0.3, 0.4) is 0 Å². The minimum Gasteiger partial charge on any atom is -0.268 e. The summed E-state index contributed by atoms with van der Waals surface area (Å²) < 4.78 is 0. The molecule has 2 aromatic rings. The Hall–Kier alpha value is -1.81. The first kappa shape index (κ1) is 17.0. The van der Waals surface area contributed by atoms with E-state index in [-0.39, 0.29) is 10.6 Å². The molecule has 0 saturated carbocycles. The van der Waals surface area contributed by atoms with Crippen LogP contribution in [0.25, 0.3) is 5.57 Å². The van der Waals surface area contributed by atoms with Crippen LogP contribution in [0, 0.1) is 13.8 Å². The topological polar surface area (TPSA) is 37.4 Å². The fourth-order valence-electron chi connectivity index (χ4n) is 2.55. The molecule has 0 N–H and O–H groups in total. The van der Waals surface area contributed by atoms with Gasteiger partial charge in [0.2, 0.25) is 0 Å². The van der Waals surface area contributed by atoms with E-state index in [0.29, 0.717) is 21.3 Å². The zero-order chi connectivity index (χ0) is 17.6. The summed E-state index contributed by atoms with van der Waals surface area (Å²) >= 11 is 18.1. The van der Waals surface area contributed by atoms with Crippen LogP contribution in [0.4, 0.5) is 5.69 Å². The lowest BCUT2D eigenvalue weighted by Gasteiger charge is -2.15. The SMILES string of the molecule is Cc1ccc(C2=C(Cl)C(=O)N(c3cc(Cl)cc(Cl)c3)C2=O)cc1C. The predicted molar refractivity (Wildman–Crippen MR) is 97.6 cm³/mol. The maximum Gasteiger partial charge on any atom is 0.277 e. The highest BCUT2D eigenvalue weighted by molar-refractivity contribution is 6.60. The Labute approximate surface area is 154 Å². The standard InChI is InChI=1S/C18H12Cl3NO2/c1-9-3-4-11(5-10(9)2)15-16(21)18(24)22(17(15)23)14-7-12(19)6-13(20)8-14/h3-8H,1-2H3. The second-order valence-electron chi connectivity index (χ2n) is 5.56. The molecule has 0 atom stereocenters. The van der Waals surface area contributed by atoms with E-state index in [4.69, 9.17) is 34.8 Å². The van der Waals surface area contributed by atoms with E-state index in [1.54, 1.807) is 6.07 Å². The molecule has 3 nitrogen and oxygen atoms in total. The lowest BCUT2D eigenvalue weighted by Crippen LogP contribution is -2.31. The minimum absolute atomic E-state index is 0.112. The van der Waals surface area contributed by atoms with Crippen molar-refractivity contribution in [3.05, 3.63) is 68.2 Å². The molecule has 1 aliphatic rings. The van der Waals surface area contributed by atoms with E-state index in [9.17, 15) is 9.59 Å². The van der Waals surface area contributed by atoms with E-state index in [0.717, 1.165) is 16.0 Å². The highest BCUT2D eigenvalue weighted by Gasteiger charge is 2.39. The molecule has 24 heavy (non-hydrogen) atoms. The number of anilines is 1. The molecule has 0 spiro atoms. The average molecular weight is 381 g/mol. The number of imide groups is 1. The number of halogens is 3. The lowest BCUT2D eigenvalue weighted by molar-refractivity contribution is -0.119. The summed E-state index contributed by atoms with van der Waals surface area (Å²) in [6, 6.07) is 10.0. The van der Waals surface area contributed by atoms with Gasteiger partial charge in [-0.3, -0.25) is 9.59 Å². The number of aryl methyl sites for hydroxylation is 2. The summed E-state index contributed by atoms with van der Waals surface area (Å²) in [6.45, 7) is 3.90. The van der Waals surface area contributed by atoms with Crippen molar-refractivity contribution in [1.82, 2.24) is 0 Å². The minimum atomic E-state index is -0.590. The average Bonchev–Trinajstić information content (AvgIpc) is 2.71. The molecule has 0 radical (unpaired) electrons. The van der Waals surface area contributed by atoms with Crippen molar-refractivity contribution in [2.45, 2.75) is 13.8 Å². The van der Waals surface area contributed by atoms with Gasteiger partial charge in [0, 0.05) is 10.0 Å². The van der Waals surface area contributed by atoms with Crippen molar-refractivity contribution < 1.29 is 9.59 Å². The van der Waals surface area contributed by atoms with Crippen molar-refractivity contribution in [2.24, 2.45) is 0 Å². The first-order valence-electron chi connectivity index (χ1n) is 7.12. The van der Waals surface area contributed by atoms with Crippen LogP contribution < -0.4 is 4.90 Å². The third-order valence-electron chi connectivity index (χ3n) is 3.93. The van der Waals surface area contributed by atoms with Crippen LogP contribution in [-0.4, -0.2) is 11.8 Å². The summed E-state index contributed by atoms with van der Waals surface area (Å²) in [5.41, 5.74) is 3.18. The Kier molecular flexibility index (Phi) is 4.43. The number of hydrogen-bond acceptors (Lipinski definition) is 2. The Morgan fingerprint density at radius 1 is 0.792 bits per heavy atom. The molecule has 1 heterocycles. The largest absolute Gasteiger partial charge is 0.277 e. The second-order valence-corrected chi connectivity index (χ2v) is 6.81. The molecule has 122 valence electrons. The van der Waals surface area contributed by atoms with Gasteiger partial charge in [0.05, 0.1) is 11.3 Å². The van der Waals surface area contributed by atoms with E-state index < -0.39 is 11.8 Å². The third kappa shape index (κ3) is 2.84. The highest BCUT2D eigenvalue weighted by Crippen LogP contribution is 2.37. The van der Waals surface area contributed by atoms with Gasteiger partial charge in [-0.15, -0.1) is 0 Å². The molecule has 0 bridgehead atoms. The summed E-state index contributed by atoms with van der Waals surface area (Å²) in [5.74, 6) is -1.08. The number of benzene rings is 2. The third-order valence-corrected chi connectivity index (χ3v) is 4.72. The van der Waals surface area contributed by atoms with Gasteiger partial charge in [0.1, 0.15) is 5.03 Å². The van der Waals surface area contributed by atoms with Gasteiger partial charge in [0.25, 0.3) is 11.8 Å². The fraction of sp³-hybridized carbons (Fsp3) is 0.111. The molecule has 0 saturated heterocycles. The molecule has 2 aromatic carbocycles. The molecular formula is C18H12Cl3NO2. The summed E-state index contributed by atoms with van der Waals surface area (Å²) in [5, 5.41) is 0.544. The van der Waals surface area contributed by atoms with Crippen molar-refractivity contribution in [1.29, 1.82) is 0 Å². The van der Waals surface area contributed by atoms with Crippen molar-refractivity contribution >= 4 is 57.9 Å². The summed E-state index contributed by atoms with van der Waals surface area (Å²) in [6.07, 6.45) is 0. The van der Waals surface area contributed by atoms with Gasteiger partial charge in [-0.25, -0.2) is 4.90 Å². The Balaban J connectivity index is 2.09. The molecule has 0 fully saturated rings. The molecule has 2 amide bonds. The van der Waals surface area contributed by atoms with Crippen molar-refractivity contribution in [2.75, 3.05) is 4.90 Å². The first-order valence-corrected chi connectivity index (χ1v) is 8.25. The zero-order valence-electron chi connectivity index (χ0n) is 12.9. The molecule has 3 rings (SSSR count). The maximum atomic E-state index is 12.8. The number of nitrogens with zero attached hydrogens (tertiary/aromatic N) is 1. The lowest BCUT2D eigenvalue weighted by atomic mass is 10.0. The maximum absolute atomic E-state index is 12.8. The van der Waals surface area contributed by atoms with Crippen molar-refractivity contribution in [3.8, 4) is 0 Å². The summed E-state index contributed by atoms with van der Waals surface area (Å²) in [7, 11) is 0. The van der Waals surface area contributed by atoms with E-state index in [1.807, 2.05) is 26.0 Å². The van der Waals surface area contributed by atoms with E-state index >= 15 is 0 Å². The number of hydrogen-bond donors (Lipinski definition) is 0. The number of rotatable bonds is 2. The molecule has 0 aromatic heterocycles. The fourth-order valence-corrected chi connectivity index (χ4v) is 3.34. The molecule has 0 unspecified atom stereocenters. The van der Waals surface area contributed by atoms with Gasteiger partial charge in [0.15, 0.2) is 0 Å². The number of carbonyl (C=O) groups excluding carboxylic acids is 2. The first-order chi connectivity index (χ1) is 11.3. The van der Waals surface area contributed by atoms with E-state index in [2.05, 4.69) is 0 Å². The Bertz CT molecular complexity index is 898. The predicted octanol–water partition coefficient (Wildman–Crippen LogP) is 5.13. The van der Waals surface area contributed by atoms with Crippen LogP contribution in [0.5, 0.6) is 0 Å². The van der Waals surface area contributed by atoms with Gasteiger partial charge in [-0.1, -0.05) is 53.0 Å². The summed E-state index contributed by atoms with van der Waals surface area (Å²) in [4.78, 5) is 26.3. The number of carbonyl (C=O) groups is 2. The zero-order valence-corrected chi connectivity index (χ0v) is 15.1. The Morgan fingerprint density at radius 2 is 1.42 bits per heavy atom. The van der Waals surface area contributed by atoms with Crippen LogP contribution in [0.15, 0.2) is 41.4 Å². The van der Waals surface area contributed by atoms with Gasteiger partial charge in [-0.2, -0.15) is 0 Å². The normalized spacial score (nSPS) is 14.8. The van der Waals surface area contributed by atoms with Crippen LogP contribution in [0.2, 0.25) is 10.0 Å². The van der Waals surface area contributed by atoms with Gasteiger partial charge in [-0.05, 0) is 48.7 Å². The highest BCUT2D eigenvalue weighted by atomic mass is 35.5. The van der Waals surface area contributed by atoms with E-state index in [1.165, 1.54) is 18.2 Å². The van der Waals surface area contributed by atoms with Crippen LogP contribution >= 0.6 is 34.8 Å². The molecule has 0 aliphatic carbocycles. The van der Waals surface area contributed by atoms with Crippen molar-refractivity contribution in [3.63, 3.8) is 0 Å². The molecule has 6 heteroatoms. The Morgan fingerprint density at radius 3 is 2.00 bits per heavy atom. The smallest absolute Gasteiger partial charge is 0.268 e. The van der Waals surface area contributed by atoms with Crippen LogP contribution in [0.1, 0.15) is 16.7 Å². The second kappa shape index (κ2) is 6.25. The monoisotopic (exact) mass is 379 g/mol. The molecule has 1 aliphatic heterocycles. The molecular weight excluding hydrogens is 369 g/mol. The number of amides is 2. The van der Waals surface area contributed by atoms with Gasteiger partial charge < -0.3 is 0 Å². The quantitative estimate of drug-likeness (QED) is 0.677. The van der Waals surface area contributed by atoms with Gasteiger partial charge >= 0.3 is 0 Å². The van der Waals surface area contributed by atoms with Crippen LogP contribution in [-0.2, 0) is 9.59 Å².